The molecule has 0 bridgehead atoms. The highest BCUT2D eigenvalue weighted by atomic mass is 16.5. The van der Waals surface area contributed by atoms with E-state index < -0.39 is 0 Å². The summed E-state index contributed by atoms with van der Waals surface area (Å²) in [6.07, 6.45) is 4.14. The van der Waals surface area contributed by atoms with Gasteiger partial charge in [-0.05, 0) is 57.4 Å². The highest BCUT2D eigenvalue weighted by Crippen LogP contribution is 2.21. The summed E-state index contributed by atoms with van der Waals surface area (Å²) in [7, 11) is 0. The van der Waals surface area contributed by atoms with Gasteiger partial charge in [-0.3, -0.25) is 0 Å². The lowest BCUT2D eigenvalue weighted by Crippen LogP contribution is -2.09. The van der Waals surface area contributed by atoms with E-state index in [4.69, 9.17) is 10.00 Å². The predicted molar refractivity (Wildman–Crippen MR) is 84.0 cm³/mol. The maximum absolute atomic E-state index is 8.94. The lowest BCUT2D eigenvalue weighted by atomic mass is 9.89. The maximum Gasteiger partial charge on any atom is 0.119 e. The van der Waals surface area contributed by atoms with Crippen LogP contribution in [-0.2, 0) is 0 Å². The van der Waals surface area contributed by atoms with Crippen LogP contribution >= 0.6 is 0 Å². The second-order valence-electron chi connectivity index (χ2n) is 5.75. The fourth-order valence-electron chi connectivity index (χ4n) is 1.87. The number of nitrogens with one attached hydrogen (secondary N) is 1. The Balaban J connectivity index is 2.21. The summed E-state index contributed by atoms with van der Waals surface area (Å²) in [5, 5.41) is 12.3. The van der Waals surface area contributed by atoms with Crippen molar-refractivity contribution < 1.29 is 4.74 Å². The van der Waals surface area contributed by atoms with Crippen LogP contribution in [0.2, 0.25) is 0 Å². The molecule has 0 saturated carbocycles. The first kappa shape index (κ1) is 16.4. The summed E-state index contributed by atoms with van der Waals surface area (Å²) < 4.78 is 5.54. The van der Waals surface area contributed by atoms with Gasteiger partial charge in [0, 0.05) is 12.2 Å². The molecule has 1 aromatic rings. The van der Waals surface area contributed by atoms with E-state index in [9.17, 15) is 0 Å². The Kier molecular flexibility index (Phi) is 6.93. The smallest absolute Gasteiger partial charge is 0.119 e. The molecule has 0 radical (unpaired) electrons. The van der Waals surface area contributed by atoms with Crippen molar-refractivity contribution in [3.05, 3.63) is 24.3 Å². The first-order valence-corrected chi connectivity index (χ1v) is 7.45. The maximum atomic E-state index is 8.94. The van der Waals surface area contributed by atoms with Crippen molar-refractivity contribution in [3.63, 3.8) is 0 Å². The number of hydrogen-bond donors (Lipinski definition) is 1. The summed E-state index contributed by atoms with van der Waals surface area (Å²) in [4.78, 5) is 0. The molecule has 20 heavy (non-hydrogen) atoms. The first-order chi connectivity index (χ1) is 9.57. The molecule has 0 aliphatic rings. The topological polar surface area (TPSA) is 45.0 Å². The molecule has 0 aliphatic carbocycles. The van der Waals surface area contributed by atoms with Gasteiger partial charge in [0.1, 0.15) is 5.75 Å². The summed E-state index contributed by atoms with van der Waals surface area (Å²) in [5.74, 6) is 0.924. The Labute approximate surface area is 123 Å². The van der Waals surface area contributed by atoms with E-state index in [0.29, 0.717) is 0 Å². The molecule has 3 heteroatoms. The second-order valence-corrected chi connectivity index (χ2v) is 5.75. The standard InChI is InChI=1S/C17H26N2O/c1-4-13-20-16-9-7-15(8-10-16)19-12-6-5-11-17(2,3)14-18/h7-10,19H,4-6,11-13H2,1-3H3. The molecule has 0 spiro atoms. The Morgan fingerprint density at radius 1 is 1.20 bits per heavy atom. The zero-order valence-corrected chi connectivity index (χ0v) is 12.9. The van der Waals surface area contributed by atoms with Crippen LogP contribution in [-0.4, -0.2) is 13.2 Å². The number of nitriles is 1. The Morgan fingerprint density at radius 2 is 1.90 bits per heavy atom. The van der Waals surface area contributed by atoms with E-state index in [1.165, 1.54) is 0 Å². The number of unbranched alkanes of at least 4 members (excludes halogenated alkanes) is 1. The minimum Gasteiger partial charge on any atom is -0.494 e. The number of hydrogen-bond acceptors (Lipinski definition) is 3. The van der Waals surface area contributed by atoms with Crippen LogP contribution in [0.1, 0.15) is 46.5 Å². The minimum atomic E-state index is -0.196. The zero-order valence-electron chi connectivity index (χ0n) is 12.9. The molecule has 0 fully saturated rings. The summed E-state index contributed by atoms with van der Waals surface area (Å²) in [6, 6.07) is 10.4. The van der Waals surface area contributed by atoms with Gasteiger partial charge in [0.15, 0.2) is 0 Å². The molecule has 1 rings (SSSR count). The van der Waals surface area contributed by atoms with Crippen molar-refractivity contribution in [1.82, 2.24) is 0 Å². The van der Waals surface area contributed by atoms with E-state index in [2.05, 4.69) is 18.3 Å². The van der Waals surface area contributed by atoms with Gasteiger partial charge in [-0.25, -0.2) is 0 Å². The van der Waals surface area contributed by atoms with Crippen LogP contribution in [0.5, 0.6) is 5.75 Å². The van der Waals surface area contributed by atoms with Crippen molar-refractivity contribution in [2.24, 2.45) is 5.41 Å². The normalized spacial score (nSPS) is 10.9. The number of rotatable bonds is 9. The van der Waals surface area contributed by atoms with E-state index in [1.807, 2.05) is 38.1 Å². The van der Waals surface area contributed by atoms with Crippen LogP contribution in [0.4, 0.5) is 5.69 Å². The minimum absolute atomic E-state index is 0.196. The van der Waals surface area contributed by atoms with Gasteiger partial charge in [-0.15, -0.1) is 0 Å². The molecule has 0 aliphatic heterocycles. The third-order valence-electron chi connectivity index (χ3n) is 3.19. The third-order valence-corrected chi connectivity index (χ3v) is 3.19. The highest BCUT2D eigenvalue weighted by molar-refractivity contribution is 5.46. The predicted octanol–water partition coefficient (Wildman–Crippen LogP) is 4.61. The van der Waals surface area contributed by atoms with Crippen molar-refractivity contribution in [2.75, 3.05) is 18.5 Å². The van der Waals surface area contributed by atoms with Crippen molar-refractivity contribution in [2.45, 2.75) is 46.5 Å². The van der Waals surface area contributed by atoms with Gasteiger partial charge >= 0.3 is 0 Å². The lowest BCUT2D eigenvalue weighted by Gasteiger charge is -2.14. The van der Waals surface area contributed by atoms with Crippen LogP contribution in [0.25, 0.3) is 0 Å². The molecule has 0 unspecified atom stereocenters. The molecular formula is C17H26N2O. The first-order valence-electron chi connectivity index (χ1n) is 7.45. The molecule has 3 nitrogen and oxygen atoms in total. The summed E-state index contributed by atoms with van der Waals surface area (Å²) in [6.45, 7) is 7.80. The Morgan fingerprint density at radius 3 is 2.50 bits per heavy atom. The van der Waals surface area contributed by atoms with Crippen LogP contribution in [0.3, 0.4) is 0 Å². The molecule has 0 saturated heterocycles. The summed E-state index contributed by atoms with van der Waals surface area (Å²) >= 11 is 0. The van der Waals surface area contributed by atoms with Crippen LogP contribution in [0.15, 0.2) is 24.3 Å². The van der Waals surface area contributed by atoms with Crippen LogP contribution < -0.4 is 10.1 Å². The van der Waals surface area contributed by atoms with Gasteiger partial charge in [0.25, 0.3) is 0 Å². The SMILES string of the molecule is CCCOc1ccc(NCCCCC(C)(C)C#N)cc1. The monoisotopic (exact) mass is 274 g/mol. The van der Waals surface area contributed by atoms with E-state index in [0.717, 1.165) is 50.3 Å². The highest BCUT2D eigenvalue weighted by Gasteiger charge is 2.15. The van der Waals surface area contributed by atoms with Gasteiger partial charge in [-0.1, -0.05) is 13.3 Å². The number of ether oxygens (including phenoxy) is 1. The Bertz CT molecular complexity index is 418. The van der Waals surface area contributed by atoms with Crippen molar-refractivity contribution in [1.29, 1.82) is 5.26 Å². The number of nitrogens with zero attached hydrogens (tertiary/aromatic N) is 1. The zero-order chi connectivity index (χ0) is 14.8. The fourth-order valence-corrected chi connectivity index (χ4v) is 1.87. The molecule has 1 N–H and O–H groups in total. The van der Waals surface area contributed by atoms with Gasteiger partial charge in [0.2, 0.25) is 0 Å². The summed E-state index contributed by atoms with van der Waals surface area (Å²) in [5.41, 5.74) is 0.923. The Hall–Kier alpha value is -1.69. The van der Waals surface area contributed by atoms with Crippen LogP contribution in [0, 0.1) is 16.7 Å². The largest absolute Gasteiger partial charge is 0.494 e. The van der Waals surface area contributed by atoms with E-state index in [1.54, 1.807) is 0 Å². The molecule has 1 aromatic carbocycles. The van der Waals surface area contributed by atoms with Gasteiger partial charge in [0.05, 0.1) is 18.1 Å². The number of benzene rings is 1. The molecule has 110 valence electrons. The van der Waals surface area contributed by atoms with E-state index in [-0.39, 0.29) is 5.41 Å². The molecular weight excluding hydrogens is 248 g/mol. The van der Waals surface area contributed by atoms with Gasteiger partial charge in [-0.2, -0.15) is 5.26 Å². The van der Waals surface area contributed by atoms with Crippen molar-refractivity contribution >= 4 is 5.69 Å². The average Bonchev–Trinajstić information content (AvgIpc) is 2.46. The van der Waals surface area contributed by atoms with E-state index >= 15 is 0 Å². The quantitative estimate of drug-likeness (QED) is 0.669. The lowest BCUT2D eigenvalue weighted by molar-refractivity contribution is 0.317. The molecule has 0 aromatic heterocycles. The second kappa shape index (κ2) is 8.47. The number of anilines is 1. The van der Waals surface area contributed by atoms with Gasteiger partial charge < -0.3 is 10.1 Å². The fraction of sp³-hybridized carbons (Fsp3) is 0.588. The molecule has 0 amide bonds. The molecule has 0 atom stereocenters. The van der Waals surface area contributed by atoms with Crippen molar-refractivity contribution in [3.8, 4) is 11.8 Å². The third kappa shape index (κ3) is 6.47. The average molecular weight is 274 g/mol. The molecule has 0 heterocycles.